The number of aryl methyl sites for hydroxylation is 2. The molecule has 0 radical (unpaired) electrons. The summed E-state index contributed by atoms with van der Waals surface area (Å²) >= 11 is 0. The lowest BCUT2D eigenvalue weighted by Gasteiger charge is -2.16. The van der Waals surface area contributed by atoms with Crippen molar-refractivity contribution in [1.29, 1.82) is 0 Å². The fourth-order valence-electron chi connectivity index (χ4n) is 2.73. The van der Waals surface area contributed by atoms with E-state index in [0.29, 0.717) is 0 Å². The van der Waals surface area contributed by atoms with E-state index in [0.717, 1.165) is 22.1 Å². The third kappa shape index (κ3) is 2.21. The maximum atomic E-state index is 10.7. The van der Waals surface area contributed by atoms with Gasteiger partial charge in [0.1, 0.15) is 6.10 Å². The molecule has 0 heterocycles. The van der Waals surface area contributed by atoms with Crippen LogP contribution in [0.2, 0.25) is 0 Å². The molecule has 100 valence electrons. The molecule has 0 fully saturated rings. The van der Waals surface area contributed by atoms with Crippen LogP contribution in [0.25, 0.3) is 10.8 Å². The summed E-state index contributed by atoms with van der Waals surface area (Å²) in [6.07, 6.45) is -0.583. The highest BCUT2D eigenvalue weighted by Gasteiger charge is 2.14. The molecule has 0 aliphatic carbocycles. The normalized spacial score (nSPS) is 12.6. The summed E-state index contributed by atoms with van der Waals surface area (Å²) < 4.78 is 0. The Labute approximate surface area is 119 Å². The van der Waals surface area contributed by atoms with E-state index in [4.69, 9.17) is 0 Å². The molecule has 0 aliphatic rings. The molecule has 3 aromatic carbocycles. The summed E-state index contributed by atoms with van der Waals surface area (Å²) in [5.41, 5.74) is 4.31. The van der Waals surface area contributed by atoms with Gasteiger partial charge in [0.05, 0.1) is 0 Å². The molecule has 0 saturated heterocycles. The first kappa shape index (κ1) is 12.9. The molecule has 1 nitrogen and oxygen atoms in total. The molecule has 0 bridgehead atoms. The molecule has 1 N–H and O–H groups in total. The van der Waals surface area contributed by atoms with Crippen molar-refractivity contribution in [2.24, 2.45) is 0 Å². The maximum Gasteiger partial charge on any atom is 0.105 e. The van der Waals surface area contributed by atoms with Crippen LogP contribution in [-0.2, 0) is 0 Å². The molecule has 0 saturated carbocycles. The number of benzene rings is 3. The second-order valence-corrected chi connectivity index (χ2v) is 5.33. The van der Waals surface area contributed by atoms with Gasteiger partial charge < -0.3 is 5.11 Å². The van der Waals surface area contributed by atoms with Crippen molar-refractivity contribution < 1.29 is 5.11 Å². The molecular formula is C19H18O. The van der Waals surface area contributed by atoms with Gasteiger partial charge in [-0.25, -0.2) is 0 Å². The van der Waals surface area contributed by atoms with Gasteiger partial charge in [0.15, 0.2) is 0 Å². The van der Waals surface area contributed by atoms with Crippen molar-refractivity contribution in [2.45, 2.75) is 20.0 Å². The van der Waals surface area contributed by atoms with E-state index >= 15 is 0 Å². The monoisotopic (exact) mass is 262 g/mol. The second kappa shape index (κ2) is 5.10. The molecule has 1 heteroatoms. The molecule has 0 aliphatic heterocycles. The van der Waals surface area contributed by atoms with Crippen molar-refractivity contribution in [3.8, 4) is 0 Å². The molecular weight excluding hydrogens is 244 g/mol. The molecule has 3 rings (SSSR count). The number of hydrogen-bond acceptors (Lipinski definition) is 1. The molecule has 1 atom stereocenters. The summed E-state index contributed by atoms with van der Waals surface area (Å²) in [5, 5.41) is 13.0. The fourth-order valence-corrected chi connectivity index (χ4v) is 2.73. The van der Waals surface area contributed by atoms with E-state index in [9.17, 15) is 5.11 Å². The predicted octanol–water partition coefficient (Wildman–Crippen LogP) is 4.54. The largest absolute Gasteiger partial charge is 0.384 e. The Morgan fingerprint density at radius 3 is 2.30 bits per heavy atom. The number of fused-ring (bicyclic) bond motifs is 1. The van der Waals surface area contributed by atoms with Crippen molar-refractivity contribution >= 4 is 10.8 Å². The van der Waals surface area contributed by atoms with Crippen LogP contribution in [0.3, 0.4) is 0 Å². The SMILES string of the molecule is Cc1cccc(C(O)c2ccc(C)c3ccccc23)c1. The van der Waals surface area contributed by atoms with Gasteiger partial charge in [0, 0.05) is 0 Å². The number of hydrogen-bond donors (Lipinski definition) is 1. The summed E-state index contributed by atoms with van der Waals surface area (Å²) in [6.45, 7) is 4.15. The highest BCUT2D eigenvalue weighted by Crippen LogP contribution is 2.30. The minimum Gasteiger partial charge on any atom is -0.384 e. The van der Waals surface area contributed by atoms with Crippen LogP contribution in [0.15, 0.2) is 60.7 Å². The Hall–Kier alpha value is -2.12. The molecule has 3 aromatic rings. The topological polar surface area (TPSA) is 20.2 Å². The average Bonchev–Trinajstić information content (AvgIpc) is 2.47. The van der Waals surface area contributed by atoms with Gasteiger partial charge in [-0.05, 0) is 41.3 Å². The first-order valence-electron chi connectivity index (χ1n) is 6.89. The Balaban J connectivity index is 2.17. The second-order valence-electron chi connectivity index (χ2n) is 5.33. The highest BCUT2D eigenvalue weighted by molar-refractivity contribution is 5.89. The Morgan fingerprint density at radius 1 is 0.800 bits per heavy atom. The highest BCUT2D eigenvalue weighted by atomic mass is 16.3. The quantitative estimate of drug-likeness (QED) is 0.719. The van der Waals surface area contributed by atoms with E-state index in [-0.39, 0.29) is 0 Å². The minimum atomic E-state index is -0.583. The van der Waals surface area contributed by atoms with Crippen molar-refractivity contribution in [2.75, 3.05) is 0 Å². The van der Waals surface area contributed by atoms with E-state index < -0.39 is 6.10 Å². The smallest absolute Gasteiger partial charge is 0.105 e. The average molecular weight is 262 g/mol. The van der Waals surface area contributed by atoms with Crippen LogP contribution in [0.1, 0.15) is 28.4 Å². The molecule has 0 aromatic heterocycles. The van der Waals surface area contributed by atoms with Crippen LogP contribution in [-0.4, -0.2) is 5.11 Å². The van der Waals surface area contributed by atoms with E-state index in [1.165, 1.54) is 10.9 Å². The summed E-state index contributed by atoms with van der Waals surface area (Å²) in [4.78, 5) is 0. The van der Waals surface area contributed by atoms with Gasteiger partial charge in [0.2, 0.25) is 0 Å². The summed E-state index contributed by atoms with van der Waals surface area (Å²) in [7, 11) is 0. The van der Waals surface area contributed by atoms with Crippen LogP contribution in [0.4, 0.5) is 0 Å². The lowest BCUT2D eigenvalue weighted by Crippen LogP contribution is -2.01. The standard InChI is InChI=1S/C19H18O/c1-13-6-5-7-15(12-13)19(20)18-11-10-14(2)16-8-3-4-9-17(16)18/h3-12,19-20H,1-2H3. The van der Waals surface area contributed by atoms with Crippen LogP contribution >= 0.6 is 0 Å². The predicted molar refractivity (Wildman–Crippen MR) is 83.9 cm³/mol. The first-order valence-corrected chi connectivity index (χ1v) is 6.89. The van der Waals surface area contributed by atoms with Crippen LogP contribution in [0, 0.1) is 13.8 Å². The minimum absolute atomic E-state index is 0.583. The molecule has 1 unspecified atom stereocenters. The Kier molecular flexibility index (Phi) is 3.29. The van der Waals surface area contributed by atoms with Gasteiger partial charge in [0.25, 0.3) is 0 Å². The van der Waals surface area contributed by atoms with E-state index in [2.05, 4.69) is 25.1 Å². The third-order valence-corrected chi connectivity index (χ3v) is 3.83. The van der Waals surface area contributed by atoms with Gasteiger partial charge >= 0.3 is 0 Å². The Bertz CT molecular complexity index is 759. The summed E-state index contributed by atoms with van der Waals surface area (Å²) in [6, 6.07) is 20.4. The molecule has 20 heavy (non-hydrogen) atoms. The van der Waals surface area contributed by atoms with Crippen molar-refractivity contribution in [3.63, 3.8) is 0 Å². The van der Waals surface area contributed by atoms with Crippen molar-refractivity contribution in [1.82, 2.24) is 0 Å². The maximum absolute atomic E-state index is 10.7. The first-order chi connectivity index (χ1) is 9.66. The van der Waals surface area contributed by atoms with Gasteiger partial charge in [-0.1, -0.05) is 66.2 Å². The van der Waals surface area contributed by atoms with Crippen LogP contribution in [0.5, 0.6) is 0 Å². The van der Waals surface area contributed by atoms with Gasteiger partial charge in [-0.3, -0.25) is 0 Å². The lowest BCUT2D eigenvalue weighted by atomic mass is 9.93. The zero-order chi connectivity index (χ0) is 14.1. The number of aliphatic hydroxyl groups is 1. The summed E-state index contributed by atoms with van der Waals surface area (Å²) in [5.74, 6) is 0. The molecule has 0 amide bonds. The van der Waals surface area contributed by atoms with Crippen LogP contribution < -0.4 is 0 Å². The lowest BCUT2D eigenvalue weighted by molar-refractivity contribution is 0.222. The van der Waals surface area contributed by atoms with Gasteiger partial charge in [-0.2, -0.15) is 0 Å². The fraction of sp³-hybridized carbons (Fsp3) is 0.158. The number of rotatable bonds is 2. The van der Waals surface area contributed by atoms with E-state index in [1.54, 1.807) is 0 Å². The third-order valence-electron chi connectivity index (χ3n) is 3.83. The number of aliphatic hydroxyl groups excluding tert-OH is 1. The van der Waals surface area contributed by atoms with Crippen molar-refractivity contribution in [3.05, 3.63) is 82.9 Å². The zero-order valence-electron chi connectivity index (χ0n) is 11.8. The zero-order valence-corrected chi connectivity index (χ0v) is 11.8. The van der Waals surface area contributed by atoms with Gasteiger partial charge in [-0.15, -0.1) is 0 Å². The molecule has 0 spiro atoms. The Morgan fingerprint density at radius 2 is 1.55 bits per heavy atom. The van der Waals surface area contributed by atoms with E-state index in [1.807, 2.05) is 49.4 Å².